The van der Waals surface area contributed by atoms with Crippen LogP contribution >= 0.6 is 23.2 Å². The second kappa shape index (κ2) is 3.44. The van der Waals surface area contributed by atoms with Crippen LogP contribution in [0.2, 0.25) is 10.3 Å². The van der Waals surface area contributed by atoms with Gasteiger partial charge in [0.25, 0.3) is 0 Å². The fourth-order valence-electron chi connectivity index (χ4n) is 2.51. The number of aromatic nitrogens is 2. The number of halogens is 2. The van der Waals surface area contributed by atoms with Gasteiger partial charge >= 0.3 is 0 Å². The molecule has 1 aromatic heterocycles. The summed E-state index contributed by atoms with van der Waals surface area (Å²) in [7, 11) is 0. The van der Waals surface area contributed by atoms with E-state index < -0.39 is 0 Å². The molecule has 0 unspecified atom stereocenters. The summed E-state index contributed by atoms with van der Waals surface area (Å²) in [4.78, 5) is 8.73. The molecule has 0 radical (unpaired) electrons. The first-order chi connectivity index (χ1) is 8.75. The Balaban J connectivity index is 2.24. The zero-order valence-electron chi connectivity index (χ0n) is 9.11. The Morgan fingerprint density at radius 3 is 1.72 bits per heavy atom. The van der Waals surface area contributed by atoms with Gasteiger partial charge in [-0.15, -0.1) is 0 Å². The topological polar surface area (TPSA) is 25.8 Å². The normalized spacial score (nSPS) is 11.9. The SMILES string of the molecule is Clc1nc2c(nc1Cl)-c1cccc3cccc-2c13. The Bertz CT molecular complexity index is 748. The summed E-state index contributed by atoms with van der Waals surface area (Å²) in [5, 5.41) is 2.85. The van der Waals surface area contributed by atoms with Crippen LogP contribution in [0.25, 0.3) is 33.3 Å². The maximum Gasteiger partial charge on any atom is 0.167 e. The number of hydrogen-bond donors (Lipinski definition) is 0. The lowest BCUT2D eigenvalue weighted by molar-refractivity contribution is 1.23. The van der Waals surface area contributed by atoms with Crippen LogP contribution in [-0.4, -0.2) is 9.97 Å². The third kappa shape index (κ3) is 1.19. The summed E-state index contributed by atoms with van der Waals surface area (Å²) in [5.41, 5.74) is 3.78. The zero-order chi connectivity index (χ0) is 12.3. The van der Waals surface area contributed by atoms with Gasteiger partial charge in [0.1, 0.15) is 0 Å². The van der Waals surface area contributed by atoms with Crippen molar-refractivity contribution in [3.05, 3.63) is 46.7 Å². The molecule has 0 atom stereocenters. The summed E-state index contributed by atoms with van der Waals surface area (Å²) < 4.78 is 0. The molecule has 1 aliphatic carbocycles. The highest BCUT2D eigenvalue weighted by atomic mass is 35.5. The quantitative estimate of drug-likeness (QED) is 0.468. The lowest BCUT2D eigenvalue weighted by Gasteiger charge is -2.01. The van der Waals surface area contributed by atoms with E-state index in [1.807, 2.05) is 24.3 Å². The molecule has 0 bridgehead atoms. The van der Waals surface area contributed by atoms with Crippen LogP contribution in [0.3, 0.4) is 0 Å². The molecule has 2 nitrogen and oxygen atoms in total. The second-order valence-electron chi connectivity index (χ2n) is 4.21. The highest BCUT2D eigenvalue weighted by Crippen LogP contribution is 2.45. The van der Waals surface area contributed by atoms with E-state index in [4.69, 9.17) is 23.2 Å². The third-order valence-corrected chi connectivity index (χ3v) is 3.85. The summed E-state index contributed by atoms with van der Waals surface area (Å²) in [5.74, 6) is 0. The van der Waals surface area contributed by atoms with Crippen molar-refractivity contribution in [3.63, 3.8) is 0 Å². The smallest absolute Gasteiger partial charge is 0.167 e. The van der Waals surface area contributed by atoms with Crippen molar-refractivity contribution in [1.82, 2.24) is 9.97 Å². The molecule has 0 saturated carbocycles. The number of hydrogen-bond acceptors (Lipinski definition) is 2. The molecule has 1 heterocycles. The van der Waals surface area contributed by atoms with Gasteiger partial charge in [-0.05, 0) is 5.39 Å². The third-order valence-electron chi connectivity index (χ3n) is 3.23. The van der Waals surface area contributed by atoms with Crippen LogP contribution in [-0.2, 0) is 0 Å². The largest absolute Gasteiger partial charge is 0.230 e. The van der Waals surface area contributed by atoms with Gasteiger partial charge in [0.2, 0.25) is 0 Å². The van der Waals surface area contributed by atoms with Gasteiger partial charge in [-0.1, -0.05) is 59.6 Å². The highest BCUT2D eigenvalue weighted by Gasteiger charge is 2.24. The second-order valence-corrected chi connectivity index (χ2v) is 4.93. The summed E-state index contributed by atoms with van der Waals surface area (Å²) in [6.45, 7) is 0. The molecule has 3 aromatic rings. The number of rotatable bonds is 0. The maximum atomic E-state index is 5.96. The Kier molecular flexibility index (Phi) is 1.97. The van der Waals surface area contributed by atoms with E-state index in [0.717, 1.165) is 22.5 Å². The van der Waals surface area contributed by atoms with Gasteiger partial charge in [-0.3, -0.25) is 0 Å². The Morgan fingerprint density at radius 2 is 1.22 bits per heavy atom. The van der Waals surface area contributed by atoms with Crippen LogP contribution in [0.1, 0.15) is 0 Å². The van der Waals surface area contributed by atoms with Crippen LogP contribution in [0, 0.1) is 0 Å². The summed E-state index contributed by atoms with van der Waals surface area (Å²) in [6, 6.07) is 12.3. The van der Waals surface area contributed by atoms with E-state index in [0.29, 0.717) is 0 Å². The van der Waals surface area contributed by atoms with Crippen molar-refractivity contribution in [3.8, 4) is 22.5 Å². The number of fused-ring (bicyclic) bond motifs is 3. The van der Waals surface area contributed by atoms with Gasteiger partial charge in [-0.2, -0.15) is 0 Å². The Morgan fingerprint density at radius 1 is 0.722 bits per heavy atom. The Hall–Kier alpha value is -1.64. The standard InChI is InChI=1S/C14H6Cl2N2/c15-13-14(16)18-12-9-6-2-4-7-3-1-5-8(10(7)9)11(12)17-13/h1-6H. The number of benzene rings is 2. The molecular formula is C14H6Cl2N2. The molecule has 0 saturated heterocycles. The van der Waals surface area contributed by atoms with E-state index in [2.05, 4.69) is 22.1 Å². The van der Waals surface area contributed by atoms with Crippen LogP contribution in [0.5, 0.6) is 0 Å². The minimum absolute atomic E-state index is 0.250. The molecule has 0 fully saturated rings. The van der Waals surface area contributed by atoms with E-state index in [9.17, 15) is 0 Å². The average molecular weight is 273 g/mol. The van der Waals surface area contributed by atoms with Gasteiger partial charge in [0.15, 0.2) is 10.3 Å². The van der Waals surface area contributed by atoms with Crippen molar-refractivity contribution in [1.29, 1.82) is 0 Å². The minimum Gasteiger partial charge on any atom is -0.230 e. The molecule has 18 heavy (non-hydrogen) atoms. The molecule has 1 aliphatic rings. The van der Waals surface area contributed by atoms with E-state index >= 15 is 0 Å². The van der Waals surface area contributed by atoms with Gasteiger partial charge in [0.05, 0.1) is 11.4 Å². The van der Waals surface area contributed by atoms with Crippen molar-refractivity contribution < 1.29 is 0 Å². The van der Waals surface area contributed by atoms with E-state index in [1.54, 1.807) is 0 Å². The lowest BCUT2D eigenvalue weighted by Crippen LogP contribution is -1.89. The van der Waals surface area contributed by atoms with Crippen LogP contribution in [0.15, 0.2) is 36.4 Å². The molecule has 2 aromatic carbocycles. The first kappa shape index (κ1) is 10.3. The van der Waals surface area contributed by atoms with Crippen LogP contribution in [0.4, 0.5) is 0 Å². The van der Waals surface area contributed by atoms with Crippen molar-refractivity contribution in [2.75, 3.05) is 0 Å². The molecule has 4 rings (SSSR count). The van der Waals surface area contributed by atoms with E-state index in [1.165, 1.54) is 10.8 Å². The average Bonchev–Trinajstić information content (AvgIpc) is 2.68. The van der Waals surface area contributed by atoms with Gasteiger partial charge in [0, 0.05) is 16.5 Å². The molecule has 86 valence electrons. The molecule has 4 heteroatoms. The monoisotopic (exact) mass is 272 g/mol. The fourth-order valence-corrected chi connectivity index (χ4v) is 2.76. The summed E-state index contributed by atoms with van der Waals surface area (Å²) >= 11 is 11.9. The number of nitrogens with zero attached hydrogens (tertiary/aromatic N) is 2. The predicted molar refractivity (Wildman–Crippen MR) is 74.0 cm³/mol. The van der Waals surface area contributed by atoms with Crippen molar-refractivity contribution in [2.45, 2.75) is 0 Å². The molecule has 0 N–H and O–H groups in total. The minimum atomic E-state index is 0.250. The summed E-state index contributed by atoms with van der Waals surface area (Å²) in [6.07, 6.45) is 0. The highest BCUT2D eigenvalue weighted by molar-refractivity contribution is 6.40. The first-order valence-electron chi connectivity index (χ1n) is 5.51. The molecule has 0 amide bonds. The van der Waals surface area contributed by atoms with Gasteiger partial charge in [-0.25, -0.2) is 9.97 Å². The van der Waals surface area contributed by atoms with Gasteiger partial charge < -0.3 is 0 Å². The molecular weight excluding hydrogens is 267 g/mol. The predicted octanol–water partition coefficient (Wildman–Crippen LogP) is 4.58. The van der Waals surface area contributed by atoms with E-state index in [-0.39, 0.29) is 10.3 Å². The van der Waals surface area contributed by atoms with Crippen molar-refractivity contribution >= 4 is 34.0 Å². The maximum absolute atomic E-state index is 5.96. The Labute approximate surface area is 113 Å². The fraction of sp³-hybridized carbons (Fsp3) is 0. The first-order valence-corrected chi connectivity index (χ1v) is 6.27. The van der Waals surface area contributed by atoms with Crippen molar-refractivity contribution in [2.24, 2.45) is 0 Å². The zero-order valence-corrected chi connectivity index (χ0v) is 10.6. The molecule has 0 aliphatic heterocycles. The lowest BCUT2D eigenvalue weighted by atomic mass is 10.0. The molecule has 0 spiro atoms. The van der Waals surface area contributed by atoms with Crippen LogP contribution < -0.4 is 0 Å².